The van der Waals surface area contributed by atoms with Crippen LogP contribution in [0.3, 0.4) is 0 Å². The van der Waals surface area contributed by atoms with E-state index in [9.17, 15) is 9.18 Å². The molecule has 0 aliphatic rings. The molecule has 3 aromatic rings. The number of carbonyl (C=O) groups excluding carboxylic acids is 1. The lowest BCUT2D eigenvalue weighted by molar-refractivity contribution is 0.102. The van der Waals surface area contributed by atoms with Gasteiger partial charge in [-0.3, -0.25) is 9.48 Å². The van der Waals surface area contributed by atoms with Gasteiger partial charge in [-0.05, 0) is 54.8 Å². The average molecular weight is 323 g/mol. The quantitative estimate of drug-likeness (QED) is 0.790. The van der Waals surface area contributed by atoms with E-state index in [1.54, 1.807) is 35.1 Å². The van der Waals surface area contributed by atoms with Gasteiger partial charge in [-0.15, -0.1) is 0 Å². The standard InChI is InChI=1S/C19H18FN3O/c1-13-3-6-16(11-14(13)2)19(24)21-18-9-10-23(22-18)12-15-4-7-17(20)8-5-15/h3-11H,12H2,1-2H3,(H,21,22,24). The molecule has 0 saturated heterocycles. The van der Waals surface area contributed by atoms with Crippen LogP contribution in [0.4, 0.5) is 10.2 Å². The van der Waals surface area contributed by atoms with Crippen molar-refractivity contribution in [2.24, 2.45) is 0 Å². The minimum Gasteiger partial charge on any atom is -0.305 e. The highest BCUT2D eigenvalue weighted by Crippen LogP contribution is 2.13. The molecule has 1 heterocycles. The Morgan fingerprint density at radius 3 is 2.54 bits per heavy atom. The minimum atomic E-state index is -0.263. The molecule has 1 aromatic heterocycles. The van der Waals surface area contributed by atoms with Gasteiger partial charge in [0, 0.05) is 17.8 Å². The third-order valence-electron chi connectivity index (χ3n) is 3.91. The van der Waals surface area contributed by atoms with Crippen molar-refractivity contribution in [1.29, 1.82) is 0 Å². The Morgan fingerprint density at radius 2 is 1.83 bits per heavy atom. The number of rotatable bonds is 4. The van der Waals surface area contributed by atoms with Gasteiger partial charge >= 0.3 is 0 Å². The number of nitrogens with one attached hydrogen (secondary N) is 1. The fraction of sp³-hybridized carbons (Fsp3) is 0.158. The maximum Gasteiger partial charge on any atom is 0.256 e. The van der Waals surface area contributed by atoms with E-state index >= 15 is 0 Å². The van der Waals surface area contributed by atoms with Crippen molar-refractivity contribution >= 4 is 11.7 Å². The molecule has 0 aliphatic heterocycles. The number of benzene rings is 2. The van der Waals surface area contributed by atoms with Crippen molar-refractivity contribution in [3.05, 3.63) is 82.8 Å². The van der Waals surface area contributed by atoms with E-state index in [4.69, 9.17) is 0 Å². The second-order valence-corrected chi connectivity index (χ2v) is 5.78. The third kappa shape index (κ3) is 3.68. The fourth-order valence-corrected chi connectivity index (χ4v) is 2.36. The van der Waals surface area contributed by atoms with E-state index in [1.165, 1.54) is 12.1 Å². The fourth-order valence-electron chi connectivity index (χ4n) is 2.36. The van der Waals surface area contributed by atoms with Crippen LogP contribution in [0.5, 0.6) is 0 Å². The number of amides is 1. The molecule has 0 radical (unpaired) electrons. The Balaban J connectivity index is 1.68. The Morgan fingerprint density at radius 1 is 1.08 bits per heavy atom. The van der Waals surface area contributed by atoms with E-state index in [1.807, 2.05) is 26.0 Å². The van der Waals surface area contributed by atoms with E-state index in [-0.39, 0.29) is 11.7 Å². The summed E-state index contributed by atoms with van der Waals surface area (Å²) in [6, 6.07) is 13.6. The zero-order chi connectivity index (χ0) is 17.1. The summed E-state index contributed by atoms with van der Waals surface area (Å²) in [5.41, 5.74) is 3.76. The van der Waals surface area contributed by atoms with Crippen molar-refractivity contribution in [2.45, 2.75) is 20.4 Å². The first-order valence-electron chi connectivity index (χ1n) is 7.68. The van der Waals surface area contributed by atoms with Crippen LogP contribution in [0.25, 0.3) is 0 Å². The highest BCUT2D eigenvalue weighted by Gasteiger charge is 2.09. The van der Waals surface area contributed by atoms with Crippen molar-refractivity contribution in [3.63, 3.8) is 0 Å². The number of hydrogen-bond acceptors (Lipinski definition) is 2. The molecule has 2 aromatic carbocycles. The summed E-state index contributed by atoms with van der Waals surface area (Å²) in [6.45, 7) is 4.50. The smallest absolute Gasteiger partial charge is 0.256 e. The molecule has 3 rings (SSSR count). The number of nitrogens with zero attached hydrogens (tertiary/aromatic N) is 2. The first-order chi connectivity index (χ1) is 11.5. The molecule has 1 N–H and O–H groups in total. The summed E-state index contributed by atoms with van der Waals surface area (Å²) in [5.74, 6) is 0.0334. The second kappa shape index (κ2) is 6.66. The lowest BCUT2D eigenvalue weighted by Crippen LogP contribution is -2.13. The molecule has 0 unspecified atom stereocenters. The van der Waals surface area contributed by atoms with E-state index < -0.39 is 0 Å². The number of aryl methyl sites for hydroxylation is 2. The molecule has 1 amide bonds. The third-order valence-corrected chi connectivity index (χ3v) is 3.91. The van der Waals surface area contributed by atoms with Gasteiger partial charge in [0.15, 0.2) is 5.82 Å². The van der Waals surface area contributed by atoms with Crippen molar-refractivity contribution in [2.75, 3.05) is 5.32 Å². The maximum atomic E-state index is 12.9. The van der Waals surface area contributed by atoms with Crippen LogP contribution in [0, 0.1) is 19.7 Å². The summed E-state index contributed by atoms with van der Waals surface area (Å²) in [4.78, 5) is 12.3. The summed E-state index contributed by atoms with van der Waals surface area (Å²) in [5, 5.41) is 7.11. The molecule has 4 nitrogen and oxygen atoms in total. The maximum absolute atomic E-state index is 12.9. The van der Waals surface area contributed by atoms with Crippen LogP contribution in [-0.2, 0) is 6.54 Å². The molecule has 0 bridgehead atoms. The van der Waals surface area contributed by atoms with Crippen LogP contribution in [0.15, 0.2) is 54.7 Å². The van der Waals surface area contributed by atoms with Gasteiger partial charge in [0.2, 0.25) is 0 Å². The predicted molar refractivity (Wildman–Crippen MR) is 91.6 cm³/mol. The van der Waals surface area contributed by atoms with Crippen molar-refractivity contribution in [3.8, 4) is 0 Å². The van der Waals surface area contributed by atoms with Crippen LogP contribution in [-0.4, -0.2) is 15.7 Å². The topological polar surface area (TPSA) is 46.9 Å². The highest BCUT2D eigenvalue weighted by atomic mass is 19.1. The van der Waals surface area contributed by atoms with Crippen LogP contribution in [0.1, 0.15) is 27.0 Å². The average Bonchev–Trinajstić information content (AvgIpc) is 2.99. The second-order valence-electron chi connectivity index (χ2n) is 5.78. The molecule has 24 heavy (non-hydrogen) atoms. The summed E-state index contributed by atoms with van der Waals surface area (Å²) in [6.07, 6.45) is 1.78. The largest absolute Gasteiger partial charge is 0.305 e. The van der Waals surface area contributed by atoms with Crippen LogP contribution >= 0.6 is 0 Å². The molecule has 5 heteroatoms. The molecular weight excluding hydrogens is 305 g/mol. The van der Waals surface area contributed by atoms with Crippen LogP contribution in [0.2, 0.25) is 0 Å². The van der Waals surface area contributed by atoms with E-state index in [0.717, 1.165) is 16.7 Å². The molecule has 0 fully saturated rings. The SMILES string of the molecule is Cc1ccc(C(=O)Nc2ccn(Cc3ccc(F)cc3)n2)cc1C. The number of aromatic nitrogens is 2. The van der Waals surface area contributed by atoms with Gasteiger partial charge < -0.3 is 5.32 Å². The lowest BCUT2D eigenvalue weighted by atomic mass is 10.1. The Bertz CT molecular complexity index is 869. The normalized spacial score (nSPS) is 10.6. The minimum absolute atomic E-state index is 0.190. The van der Waals surface area contributed by atoms with Crippen molar-refractivity contribution < 1.29 is 9.18 Å². The number of hydrogen-bond donors (Lipinski definition) is 1. The highest BCUT2D eigenvalue weighted by molar-refractivity contribution is 6.03. The number of anilines is 1. The van der Waals surface area contributed by atoms with Gasteiger partial charge in [0.05, 0.1) is 6.54 Å². The summed E-state index contributed by atoms with van der Waals surface area (Å²) < 4.78 is 14.6. The van der Waals surface area contributed by atoms with Gasteiger partial charge in [0.25, 0.3) is 5.91 Å². The molecular formula is C19H18FN3O. The Labute approximate surface area is 139 Å². The molecule has 0 spiro atoms. The van der Waals surface area contributed by atoms with E-state index in [0.29, 0.717) is 17.9 Å². The molecule has 0 saturated carbocycles. The molecule has 0 atom stereocenters. The van der Waals surface area contributed by atoms with Crippen LogP contribution < -0.4 is 5.32 Å². The first kappa shape index (κ1) is 15.9. The Kier molecular flexibility index (Phi) is 4.42. The predicted octanol–water partition coefficient (Wildman–Crippen LogP) is 3.94. The van der Waals surface area contributed by atoms with Gasteiger partial charge in [-0.2, -0.15) is 5.10 Å². The first-order valence-corrected chi connectivity index (χ1v) is 7.68. The lowest BCUT2D eigenvalue weighted by Gasteiger charge is -2.05. The number of carbonyl (C=O) groups is 1. The van der Waals surface area contributed by atoms with Crippen molar-refractivity contribution in [1.82, 2.24) is 9.78 Å². The molecule has 0 aliphatic carbocycles. The molecule has 122 valence electrons. The van der Waals surface area contributed by atoms with Gasteiger partial charge in [0.1, 0.15) is 5.82 Å². The summed E-state index contributed by atoms with van der Waals surface area (Å²) in [7, 11) is 0. The Hall–Kier alpha value is -2.95. The monoisotopic (exact) mass is 323 g/mol. The van der Waals surface area contributed by atoms with Gasteiger partial charge in [-0.25, -0.2) is 4.39 Å². The summed E-state index contributed by atoms with van der Waals surface area (Å²) >= 11 is 0. The van der Waals surface area contributed by atoms with E-state index in [2.05, 4.69) is 10.4 Å². The zero-order valence-electron chi connectivity index (χ0n) is 13.6. The van der Waals surface area contributed by atoms with Gasteiger partial charge in [-0.1, -0.05) is 18.2 Å². The number of halogens is 1. The zero-order valence-corrected chi connectivity index (χ0v) is 13.6.